The Morgan fingerprint density at radius 2 is 1.65 bits per heavy atom. The second kappa shape index (κ2) is 7.20. The molecule has 114 valence electrons. The molecule has 0 fully saturated rings. The summed E-state index contributed by atoms with van der Waals surface area (Å²) in [5.74, 6) is 0.112. The molecule has 0 saturated carbocycles. The number of hydrogen-bond donors (Lipinski definition) is 2. The Morgan fingerprint density at radius 1 is 1.10 bits per heavy atom. The Morgan fingerprint density at radius 3 is 2.10 bits per heavy atom. The summed E-state index contributed by atoms with van der Waals surface area (Å²) < 4.78 is 24.4. The number of benzene rings is 1. The van der Waals surface area contributed by atoms with Crippen LogP contribution < -0.4 is 5.32 Å². The van der Waals surface area contributed by atoms with Crippen molar-refractivity contribution in [3.05, 3.63) is 29.8 Å². The molecule has 0 bridgehead atoms. The van der Waals surface area contributed by atoms with Crippen LogP contribution in [0.2, 0.25) is 0 Å². The van der Waals surface area contributed by atoms with E-state index < -0.39 is 15.9 Å². The fourth-order valence-corrected chi connectivity index (χ4v) is 3.21. The Kier molecular flexibility index (Phi) is 6.17. The van der Waals surface area contributed by atoms with Gasteiger partial charge in [0, 0.05) is 12.6 Å². The summed E-state index contributed by atoms with van der Waals surface area (Å²) in [5, 5.41) is 12.8. The highest BCUT2D eigenvalue weighted by molar-refractivity contribution is 7.91. The van der Waals surface area contributed by atoms with Crippen molar-refractivity contribution in [2.24, 2.45) is 0 Å². The largest absolute Gasteiger partial charge is 0.391 e. The average molecular weight is 299 g/mol. The highest BCUT2D eigenvalue weighted by atomic mass is 32.2. The lowest BCUT2D eigenvalue weighted by Gasteiger charge is -2.14. The minimum Gasteiger partial charge on any atom is -0.391 e. The predicted molar refractivity (Wildman–Crippen MR) is 81.7 cm³/mol. The van der Waals surface area contributed by atoms with Crippen molar-refractivity contribution in [3.63, 3.8) is 0 Å². The second-order valence-corrected chi connectivity index (χ2v) is 7.76. The molecule has 0 aliphatic heterocycles. The molecular weight excluding hydrogens is 274 g/mol. The second-order valence-electron chi connectivity index (χ2n) is 5.72. The van der Waals surface area contributed by atoms with Crippen molar-refractivity contribution in [1.29, 1.82) is 0 Å². The maximum absolute atomic E-state index is 12.2. The number of rotatable bonds is 7. The highest BCUT2D eigenvalue weighted by Gasteiger charge is 2.19. The number of nitrogens with one attached hydrogen (secondary N) is 1. The molecule has 0 aromatic heterocycles. The van der Waals surface area contributed by atoms with Crippen LogP contribution in [0.5, 0.6) is 0 Å². The van der Waals surface area contributed by atoms with Gasteiger partial charge < -0.3 is 10.4 Å². The third kappa shape index (κ3) is 5.23. The van der Waals surface area contributed by atoms with Gasteiger partial charge in [-0.1, -0.05) is 39.8 Å². The van der Waals surface area contributed by atoms with Crippen LogP contribution in [0.1, 0.15) is 39.2 Å². The Labute approximate surface area is 122 Å². The standard InChI is InChI=1S/C15H25NO3S/c1-11(2)13-5-7-15(8-6-13)20(18,19)10-14(17)9-16-12(3)4/h5-8,11-12,14,16-17H,9-10H2,1-4H3. The van der Waals surface area contributed by atoms with E-state index in [0.29, 0.717) is 5.92 Å². The van der Waals surface area contributed by atoms with Gasteiger partial charge in [-0.2, -0.15) is 0 Å². The summed E-state index contributed by atoms with van der Waals surface area (Å²) in [6.45, 7) is 8.30. The fourth-order valence-electron chi connectivity index (χ4n) is 1.84. The smallest absolute Gasteiger partial charge is 0.180 e. The van der Waals surface area contributed by atoms with Gasteiger partial charge in [0.05, 0.1) is 16.8 Å². The Bertz CT molecular complexity index is 506. The van der Waals surface area contributed by atoms with E-state index in [0.717, 1.165) is 5.56 Å². The van der Waals surface area contributed by atoms with Gasteiger partial charge in [-0.15, -0.1) is 0 Å². The van der Waals surface area contributed by atoms with Gasteiger partial charge in [0.2, 0.25) is 0 Å². The van der Waals surface area contributed by atoms with E-state index in [9.17, 15) is 13.5 Å². The van der Waals surface area contributed by atoms with E-state index in [1.165, 1.54) is 0 Å². The molecule has 1 aromatic carbocycles. The minimum atomic E-state index is -3.44. The van der Waals surface area contributed by atoms with Gasteiger partial charge in [0.1, 0.15) is 0 Å². The third-order valence-electron chi connectivity index (χ3n) is 3.08. The first-order valence-electron chi connectivity index (χ1n) is 6.96. The SMILES string of the molecule is CC(C)NCC(O)CS(=O)(=O)c1ccc(C(C)C)cc1. The number of aliphatic hydroxyl groups is 1. The van der Waals surface area contributed by atoms with Crippen LogP contribution in [-0.4, -0.2) is 38.0 Å². The molecule has 4 nitrogen and oxygen atoms in total. The summed E-state index contributed by atoms with van der Waals surface area (Å²) in [6, 6.07) is 7.12. The molecular formula is C15H25NO3S. The topological polar surface area (TPSA) is 66.4 Å². The number of hydrogen-bond acceptors (Lipinski definition) is 4. The third-order valence-corrected chi connectivity index (χ3v) is 4.89. The molecule has 0 aliphatic rings. The van der Waals surface area contributed by atoms with Crippen molar-refractivity contribution in [2.75, 3.05) is 12.3 Å². The average Bonchev–Trinajstić information content (AvgIpc) is 2.36. The first-order valence-corrected chi connectivity index (χ1v) is 8.61. The van der Waals surface area contributed by atoms with Crippen LogP contribution in [0.25, 0.3) is 0 Å². The van der Waals surface area contributed by atoms with E-state index >= 15 is 0 Å². The highest BCUT2D eigenvalue weighted by Crippen LogP contribution is 2.18. The van der Waals surface area contributed by atoms with Crippen LogP contribution in [0, 0.1) is 0 Å². The fraction of sp³-hybridized carbons (Fsp3) is 0.600. The first-order chi connectivity index (χ1) is 9.22. The number of sulfone groups is 1. The van der Waals surface area contributed by atoms with E-state index in [4.69, 9.17) is 0 Å². The summed E-state index contributed by atoms with van der Waals surface area (Å²) >= 11 is 0. The van der Waals surface area contributed by atoms with Crippen molar-refractivity contribution in [1.82, 2.24) is 5.32 Å². The van der Waals surface area contributed by atoms with Gasteiger partial charge >= 0.3 is 0 Å². The molecule has 1 rings (SSSR count). The van der Waals surface area contributed by atoms with Crippen LogP contribution in [0.15, 0.2) is 29.2 Å². The Hall–Kier alpha value is -0.910. The zero-order chi connectivity index (χ0) is 15.3. The van der Waals surface area contributed by atoms with E-state index in [-0.39, 0.29) is 23.2 Å². The van der Waals surface area contributed by atoms with Crippen molar-refractivity contribution < 1.29 is 13.5 Å². The Balaban J connectivity index is 2.73. The van der Waals surface area contributed by atoms with Gasteiger partial charge in [0.15, 0.2) is 9.84 Å². The minimum absolute atomic E-state index is 0.220. The van der Waals surface area contributed by atoms with Crippen LogP contribution in [0.3, 0.4) is 0 Å². The number of aliphatic hydroxyl groups excluding tert-OH is 1. The molecule has 0 spiro atoms. The zero-order valence-electron chi connectivity index (χ0n) is 12.6. The molecule has 0 amide bonds. The maximum Gasteiger partial charge on any atom is 0.180 e. The zero-order valence-corrected chi connectivity index (χ0v) is 13.4. The molecule has 1 aromatic rings. The maximum atomic E-state index is 12.2. The van der Waals surface area contributed by atoms with Crippen molar-refractivity contribution in [2.45, 2.75) is 50.7 Å². The quantitative estimate of drug-likeness (QED) is 0.807. The lowest BCUT2D eigenvalue weighted by atomic mass is 10.0. The molecule has 0 heterocycles. The predicted octanol–water partition coefficient (Wildman–Crippen LogP) is 1.94. The van der Waals surface area contributed by atoms with Gasteiger partial charge in [0.25, 0.3) is 0 Å². The van der Waals surface area contributed by atoms with Crippen molar-refractivity contribution >= 4 is 9.84 Å². The van der Waals surface area contributed by atoms with Crippen LogP contribution >= 0.6 is 0 Å². The van der Waals surface area contributed by atoms with Gasteiger partial charge in [-0.3, -0.25) is 0 Å². The summed E-state index contributed by atoms with van der Waals surface area (Å²) in [4.78, 5) is 0.269. The van der Waals surface area contributed by atoms with Crippen molar-refractivity contribution in [3.8, 4) is 0 Å². The van der Waals surface area contributed by atoms with Gasteiger partial charge in [-0.05, 0) is 23.6 Å². The monoisotopic (exact) mass is 299 g/mol. The molecule has 2 N–H and O–H groups in total. The molecule has 0 radical (unpaired) electrons. The van der Waals surface area contributed by atoms with E-state index in [1.807, 2.05) is 26.0 Å². The molecule has 0 saturated heterocycles. The molecule has 5 heteroatoms. The van der Waals surface area contributed by atoms with Crippen LogP contribution in [0.4, 0.5) is 0 Å². The van der Waals surface area contributed by atoms with Crippen LogP contribution in [-0.2, 0) is 9.84 Å². The lowest BCUT2D eigenvalue weighted by Crippen LogP contribution is -2.35. The molecule has 0 aliphatic carbocycles. The molecule has 1 atom stereocenters. The molecule has 20 heavy (non-hydrogen) atoms. The lowest BCUT2D eigenvalue weighted by molar-refractivity contribution is 0.190. The van der Waals surface area contributed by atoms with E-state index in [1.54, 1.807) is 12.1 Å². The van der Waals surface area contributed by atoms with Gasteiger partial charge in [-0.25, -0.2) is 8.42 Å². The summed E-state index contributed by atoms with van der Waals surface area (Å²) in [7, 11) is -3.44. The van der Waals surface area contributed by atoms with E-state index in [2.05, 4.69) is 19.2 Å². The first kappa shape index (κ1) is 17.1. The summed E-state index contributed by atoms with van der Waals surface area (Å²) in [5.41, 5.74) is 1.10. The summed E-state index contributed by atoms with van der Waals surface area (Å²) in [6.07, 6.45) is -0.896. The normalized spacial score (nSPS) is 13.9. The molecule has 1 unspecified atom stereocenters.